The summed E-state index contributed by atoms with van der Waals surface area (Å²) in [6.45, 7) is 5.38. The number of anilines is 1. The van der Waals surface area contributed by atoms with Gasteiger partial charge in [0.1, 0.15) is 0 Å². The molecule has 0 saturated heterocycles. The lowest BCUT2D eigenvalue weighted by Gasteiger charge is -2.13. The molecule has 1 rings (SSSR count). The van der Waals surface area contributed by atoms with Crippen LogP contribution in [0.25, 0.3) is 0 Å². The molecule has 16 heavy (non-hydrogen) atoms. The van der Waals surface area contributed by atoms with Gasteiger partial charge in [0.05, 0.1) is 0 Å². The Bertz CT molecular complexity index is 285. The predicted octanol–water partition coefficient (Wildman–Crippen LogP) is 2.91. The predicted molar refractivity (Wildman–Crippen MR) is 74.9 cm³/mol. The molecule has 0 atom stereocenters. The van der Waals surface area contributed by atoms with Gasteiger partial charge in [-0.1, -0.05) is 13.8 Å². The maximum atomic E-state index is 4.35. The average Bonchev–Trinajstić information content (AvgIpc) is 2.68. The number of hydrogen-bond acceptors (Lipinski definition) is 4. The van der Waals surface area contributed by atoms with Gasteiger partial charge >= 0.3 is 0 Å². The molecule has 0 amide bonds. The van der Waals surface area contributed by atoms with Gasteiger partial charge in [0.25, 0.3) is 0 Å². The van der Waals surface area contributed by atoms with Crippen molar-refractivity contribution in [3.05, 3.63) is 11.1 Å². The van der Waals surface area contributed by atoms with Crippen LogP contribution >= 0.6 is 23.7 Å². The highest BCUT2D eigenvalue weighted by Gasteiger charge is 2.06. The van der Waals surface area contributed by atoms with Gasteiger partial charge in [-0.25, -0.2) is 4.98 Å². The van der Waals surface area contributed by atoms with E-state index >= 15 is 0 Å². The van der Waals surface area contributed by atoms with Gasteiger partial charge in [0.2, 0.25) is 0 Å². The number of halogens is 1. The molecule has 0 aliphatic carbocycles. The molecular weight excluding hydrogens is 242 g/mol. The number of rotatable bonds is 6. The summed E-state index contributed by atoms with van der Waals surface area (Å²) in [5.41, 5.74) is 0. The van der Waals surface area contributed by atoms with Gasteiger partial charge in [0.15, 0.2) is 5.13 Å². The van der Waals surface area contributed by atoms with Crippen LogP contribution in [0.15, 0.2) is 6.20 Å². The fourth-order valence-electron chi connectivity index (χ4n) is 1.41. The van der Waals surface area contributed by atoms with Crippen molar-refractivity contribution in [3.8, 4) is 0 Å². The van der Waals surface area contributed by atoms with Gasteiger partial charge in [-0.2, -0.15) is 0 Å². The van der Waals surface area contributed by atoms with E-state index in [-0.39, 0.29) is 12.4 Å². The average molecular weight is 264 g/mol. The van der Waals surface area contributed by atoms with Crippen LogP contribution in [0, 0.1) is 0 Å². The Morgan fingerprint density at radius 2 is 2.00 bits per heavy atom. The van der Waals surface area contributed by atoms with Crippen LogP contribution in [0.2, 0.25) is 0 Å². The highest BCUT2D eigenvalue weighted by molar-refractivity contribution is 7.15. The van der Waals surface area contributed by atoms with Gasteiger partial charge < -0.3 is 10.2 Å². The molecule has 0 radical (unpaired) electrons. The van der Waals surface area contributed by atoms with E-state index in [1.807, 2.05) is 25.2 Å². The molecule has 1 heterocycles. The van der Waals surface area contributed by atoms with Crippen molar-refractivity contribution in [3.63, 3.8) is 0 Å². The molecule has 94 valence electrons. The number of thiazole rings is 1. The topological polar surface area (TPSA) is 28.2 Å². The zero-order chi connectivity index (χ0) is 11.3. The van der Waals surface area contributed by atoms with Crippen LogP contribution in [-0.2, 0) is 6.54 Å². The Kier molecular flexibility index (Phi) is 7.72. The molecule has 1 aromatic rings. The monoisotopic (exact) mass is 263 g/mol. The SMILES string of the molecule is CCC(CC)NCc1cnc(N(C)C)s1.Cl. The molecule has 1 N–H and O–H groups in total. The third kappa shape index (κ3) is 4.68. The molecule has 0 spiro atoms. The van der Waals surface area contributed by atoms with Crippen LogP contribution in [-0.4, -0.2) is 25.1 Å². The first-order valence-corrected chi connectivity index (χ1v) is 6.34. The molecule has 0 saturated carbocycles. The maximum absolute atomic E-state index is 4.35. The highest BCUT2D eigenvalue weighted by atomic mass is 35.5. The van der Waals surface area contributed by atoms with Crippen molar-refractivity contribution in [2.75, 3.05) is 19.0 Å². The summed E-state index contributed by atoms with van der Waals surface area (Å²) in [6.07, 6.45) is 4.35. The van der Waals surface area contributed by atoms with Crippen molar-refractivity contribution in [1.29, 1.82) is 0 Å². The number of nitrogens with zero attached hydrogens (tertiary/aromatic N) is 2. The largest absolute Gasteiger partial charge is 0.354 e. The number of nitrogens with one attached hydrogen (secondary N) is 1. The summed E-state index contributed by atoms with van der Waals surface area (Å²) in [5, 5.41) is 4.62. The van der Waals surface area contributed by atoms with E-state index in [4.69, 9.17) is 0 Å². The van der Waals surface area contributed by atoms with Crippen molar-refractivity contribution >= 4 is 28.9 Å². The van der Waals surface area contributed by atoms with E-state index < -0.39 is 0 Å². The van der Waals surface area contributed by atoms with E-state index in [0.29, 0.717) is 6.04 Å². The lowest BCUT2D eigenvalue weighted by molar-refractivity contribution is 0.486. The second-order valence-corrected chi connectivity index (χ2v) is 4.99. The standard InChI is InChI=1S/C11H21N3S.ClH/c1-5-9(6-2)12-7-10-8-13-11(15-10)14(3)4;/h8-9,12H,5-7H2,1-4H3;1H. The van der Waals surface area contributed by atoms with Crippen LogP contribution in [0.4, 0.5) is 5.13 Å². The van der Waals surface area contributed by atoms with E-state index in [1.165, 1.54) is 17.7 Å². The van der Waals surface area contributed by atoms with Gasteiger partial charge in [0, 0.05) is 37.8 Å². The Balaban J connectivity index is 0.00000225. The summed E-state index contributed by atoms with van der Waals surface area (Å²) < 4.78 is 0. The second-order valence-electron chi connectivity index (χ2n) is 3.90. The molecule has 5 heteroatoms. The molecule has 0 fully saturated rings. The summed E-state index contributed by atoms with van der Waals surface area (Å²) in [7, 11) is 4.05. The fourth-order valence-corrected chi connectivity index (χ4v) is 2.19. The van der Waals surface area contributed by atoms with E-state index in [2.05, 4.69) is 24.1 Å². The molecule has 0 aromatic carbocycles. The Morgan fingerprint density at radius 1 is 1.38 bits per heavy atom. The van der Waals surface area contributed by atoms with Crippen molar-refractivity contribution in [1.82, 2.24) is 10.3 Å². The first kappa shape index (κ1) is 15.7. The summed E-state index contributed by atoms with van der Waals surface area (Å²) in [5.74, 6) is 0. The summed E-state index contributed by atoms with van der Waals surface area (Å²) in [6, 6.07) is 0.634. The quantitative estimate of drug-likeness (QED) is 0.856. The lowest BCUT2D eigenvalue weighted by atomic mass is 10.2. The molecule has 0 aliphatic rings. The molecule has 0 unspecified atom stereocenters. The van der Waals surface area contributed by atoms with Crippen LogP contribution < -0.4 is 10.2 Å². The van der Waals surface area contributed by atoms with Crippen LogP contribution in [0.1, 0.15) is 31.6 Å². The minimum Gasteiger partial charge on any atom is -0.354 e. The first-order valence-electron chi connectivity index (χ1n) is 5.52. The summed E-state index contributed by atoms with van der Waals surface area (Å²) >= 11 is 1.76. The Hall–Kier alpha value is -0.320. The Morgan fingerprint density at radius 3 is 2.44 bits per heavy atom. The molecule has 0 aliphatic heterocycles. The normalized spacial score (nSPS) is 10.3. The first-order chi connectivity index (χ1) is 7.17. The van der Waals surface area contributed by atoms with Gasteiger partial charge in [-0.05, 0) is 12.8 Å². The van der Waals surface area contributed by atoms with Crippen molar-refractivity contribution < 1.29 is 0 Å². The van der Waals surface area contributed by atoms with Gasteiger partial charge in [-0.3, -0.25) is 0 Å². The fraction of sp³-hybridized carbons (Fsp3) is 0.727. The molecular formula is C11H22ClN3S. The number of hydrogen-bond donors (Lipinski definition) is 1. The van der Waals surface area contributed by atoms with E-state index in [9.17, 15) is 0 Å². The third-order valence-corrected chi connectivity index (χ3v) is 3.64. The second kappa shape index (κ2) is 7.87. The molecule has 3 nitrogen and oxygen atoms in total. The van der Waals surface area contributed by atoms with E-state index in [0.717, 1.165) is 11.7 Å². The number of aromatic nitrogens is 1. The maximum Gasteiger partial charge on any atom is 0.185 e. The van der Waals surface area contributed by atoms with E-state index in [1.54, 1.807) is 11.3 Å². The third-order valence-electron chi connectivity index (χ3n) is 2.47. The zero-order valence-electron chi connectivity index (χ0n) is 10.5. The summed E-state index contributed by atoms with van der Waals surface area (Å²) in [4.78, 5) is 7.71. The minimum atomic E-state index is 0. The minimum absolute atomic E-state index is 0. The zero-order valence-corrected chi connectivity index (χ0v) is 12.1. The Labute approximate surface area is 109 Å². The van der Waals surface area contributed by atoms with Crippen molar-refractivity contribution in [2.24, 2.45) is 0 Å². The van der Waals surface area contributed by atoms with Crippen molar-refractivity contribution in [2.45, 2.75) is 39.3 Å². The van der Waals surface area contributed by atoms with Crippen LogP contribution in [0.3, 0.4) is 0 Å². The lowest BCUT2D eigenvalue weighted by Crippen LogP contribution is -2.26. The molecule has 1 aromatic heterocycles. The van der Waals surface area contributed by atoms with Crippen LogP contribution in [0.5, 0.6) is 0 Å². The smallest absolute Gasteiger partial charge is 0.185 e. The highest BCUT2D eigenvalue weighted by Crippen LogP contribution is 2.20. The van der Waals surface area contributed by atoms with Gasteiger partial charge in [-0.15, -0.1) is 23.7 Å². The molecule has 0 bridgehead atoms.